The van der Waals surface area contributed by atoms with Gasteiger partial charge in [-0.25, -0.2) is 0 Å². The number of rotatable bonds is 6. The predicted octanol–water partition coefficient (Wildman–Crippen LogP) is -0.465. The summed E-state index contributed by atoms with van der Waals surface area (Å²) in [6.07, 6.45) is 0.224. The van der Waals surface area contributed by atoms with Crippen LogP contribution in [0.4, 0.5) is 0 Å². The molecule has 0 aliphatic carbocycles. The van der Waals surface area contributed by atoms with Crippen molar-refractivity contribution in [2.75, 3.05) is 20.2 Å². The maximum Gasteiger partial charge on any atom is 0.307 e. The molecule has 0 aromatic heterocycles. The molecule has 0 radical (unpaired) electrons. The van der Waals surface area contributed by atoms with Crippen LogP contribution < -0.4 is 16.4 Å². The topological polar surface area (TPSA) is 88.7 Å². The molecule has 0 fully saturated rings. The van der Waals surface area contributed by atoms with Gasteiger partial charge in [-0.2, -0.15) is 0 Å². The minimum absolute atomic E-state index is 0.221. The Balaban J connectivity index is 3.76. The largest absolute Gasteiger partial charge is 0.466 e. The average Bonchev–Trinajstić information content (AvgIpc) is 2.18. The summed E-state index contributed by atoms with van der Waals surface area (Å²) in [5.74, 6) is 0.493. The Hall–Kier alpha value is -1.72. The molecule has 6 nitrogen and oxygen atoms in total. The number of carbonyl (C=O) groups excluding carboxylic acids is 1. The number of nitrogens with one attached hydrogen (secondary N) is 2. The van der Waals surface area contributed by atoms with Crippen molar-refractivity contribution in [3.8, 4) is 0 Å². The second-order valence-electron chi connectivity index (χ2n) is 2.68. The van der Waals surface area contributed by atoms with Gasteiger partial charge in [-0.05, 0) is 6.92 Å². The molecule has 0 bridgehead atoms. The number of ether oxygens (including phenoxy) is 1. The van der Waals surface area contributed by atoms with Gasteiger partial charge in [-0.1, -0.05) is 6.58 Å². The molecule has 0 amide bonds. The van der Waals surface area contributed by atoms with Crippen LogP contribution in [0.15, 0.2) is 17.4 Å². The highest BCUT2D eigenvalue weighted by Crippen LogP contribution is 1.87. The Kier molecular flexibility index (Phi) is 6.78. The number of carbonyl (C=O) groups is 1. The van der Waals surface area contributed by atoms with Gasteiger partial charge >= 0.3 is 5.97 Å². The normalized spacial score (nSPS) is 10.7. The summed E-state index contributed by atoms with van der Waals surface area (Å²) in [5.41, 5.74) is 5.50. The maximum atomic E-state index is 10.9. The third-order valence-electron chi connectivity index (χ3n) is 1.48. The van der Waals surface area contributed by atoms with Crippen molar-refractivity contribution in [2.24, 2.45) is 10.7 Å². The van der Waals surface area contributed by atoms with Gasteiger partial charge in [-0.3, -0.25) is 9.79 Å². The molecule has 0 atom stereocenters. The van der Waals surface area contributed by atoms with Gasteiger partial charge in [0.2, 0.25) is 0 Å². The van der Waals surface area contributed by atoms with Crippen molar-refractivity contribution in [3.05, 3.63) is 12.4 Å². The van der Waals surface area contributed by atoms with Gasteiger partial charge in [-0.15, -0.1) is 0 Å². The number of aliphatic imine (C=N–C) groups is 1. The molecule has 0 aliphatic rings. The van der Waals surface area contributed by atoms with E-state index in [9.17, 15) is 4.79 Å². The zero-order valence-electron chi connectivity index (χ0n) is 9.17. The van der Waals surface area contributed by atoms with Crippen molar-refractivity contribution < 1.29 is 9.53 Å². The van der Waals surface area contributed by atoms with Crippen molar-refractivity contribution >= 4 is 11.9 Å². The maximum absolute atomic E-state index is 10.9. The zero-order chi connectivity index (χ0) is 11.7. The molecule has 6 heteroatoms. The minimum Gasteiger partial charge on any atom is -0.466 e. The number of nitrogens with two attached hydrogens (primary N) is 1. The molecule has 86 valence electrons. The lowest BCUT2D eigenvalue weighted by Crippen LogP contribution is -2.35. The van der Waals surface area contributed by atoms with Crippen LogP contribution in [-0.2, 0) is 9.53 Å². The van der Waals surface area contributed by atoms with Crippen LogP contribution in [0.5, 0.6) is 0 Å². The van der Waals surface area contributed by atoms with Gasteiger partial charge in [0.1, 0.15) is 0 Å². The van der Waals surface area contributed by atoms with Crippen LogP contribution in [0.25, 0.3) is 0 Å². The minimum atomic E-state index is -0.276. The lowest BCUT2D eigenvalue weighted by Gasteiger charge is -2.07. The van der Waals surface area contributed by atoms with Gasteiger partial charge in [0.15, 0.2) is 5.96 Å². The van der Waals surface area contributed by atoms with Crippen LogP contribution in [0.3, 0.4) is 0 Å². The van der Waals surface area contributed by atoms with Crippen molar-refractivity contribution in [1.29, 1.82) is 0 Å². The van der Waals surface area contributed by atoms with Crippen molar-refractivity contribution in [1.82, 2.24) is 10.6 Å². The van der Waals surface area contributed by atoms with Crippen LogP contribution in [-0.4, -0.2) is 32.1 Å². The lowest BCUT2D eigenvalue weighted by atomic mass is 10.4. The monoisotopic (exact) mass is 214 g/mol. The highest BCUT2D eigenvalue weighted by molar-refractivity contribution is 5.79. The van der Waals surface area contributed by atoms with Crippen LogP contribution in [0.1, 0.15) is 13.3 Å². The second-order valence-corrected chi connectivity index (χ2v) is 2.68. The summed E-state index contributed by atoms with van der Waals surface area (Å²) < 4.78 is 4.73. The Bertz CT molecular complexity index is 250. The fourth-order valence-corrected chi connectivity index (χ4v) is 0.757. The van der Waals surface area contributed by atoms with E-state index < -0.39 is 0 Å². The molecular weight excluding hydrogens is 196 g/mol. The van der Waals surface area contributed by atoms with Gasteiger partial charge < -0.3 is 21.1 Å². The van der Waals surface area contributed by atoms with Crippen LogP contribution in [0, 0.1) is 0 Å². The Labute approximate surface area is 89.6 Å². The fraction of sp³-hybridized carbons (Fsp3) is 0.556. The van der Waals surface area contributed by atoms with E-state index in [4.69, 9.17) is 10.5 Å². The number of guanidine groups is 1. The SMILES string of the molecule is C=C(NC)NC(N)=NCCC(=O)OCC. The number of hydrogen-bond acceptors (Lipinski definition) is 4. The second kappa shape index (κ2) is 7.66. The van der Waals surface area contributed by atoms with Gasteiger partial charge in [0.05, 0.1) is 25.4 Å². The number of hydrogen-bond donors (Lipinski definition) is 3. The molecule has 0 heterocycles. The van der Waals surface area contributed by atoms with Gasteiger partial charge in [0.25, 0.3) is 0 Å². The Morgan fingerprint density at radius 3 is 2.80 bits per heavy atom. The average molecular weight is 214 g/mol. The summed E-state index contributed by atoms with van der Waals surface area (Å²) in [6.45, 7) is 6.05. The highest BCUT2D eigenvalue weighted by atomic mass is 16.5. The van der Waals surface area contributed by atoms with E-state index in [0.29, 0.717) is 19.0 Å². The fourth-order valence-electron chi connectivity index (χ4n) is 0.757. The van der Waals surface area contributed by atoms with E-state index in [0.717, 1.165) is 0 Å². The summed E-state index contributed by atoms with van der Waals surface area (Å²) in [7, 11) is 1.71. The van der Waals surface area contributed by atoms with E-state index in [1.807, 2.05) is 0 Å². The molecule has 0 aromatic rings. The first kappa shape index (κ1) is 13.3. The van der Waals surface area contributed by atoms with Crippen molar-refractivity contribution in [3.63, 3.8) is 0 Å². The molecule has 0 unspecified atom stereocenters. The summed E-state index contributed by atoms with van der Waals surface area (Å²) in [4.78, 5) is 14.8. The standard InChI is InChI=1S/C9H18N4O2/c1-4-15-8(14)5-6-12-9(10)13-7(2)11-3/h11H,2,4-6H2,1,3H3,(H3,10,12,13). The molecule has 0 aliphatic heterocycles. The zero-order valence-corrected chi connectivity index (χ0v) is 9.17. The number of nitrogens with zero attached hydrogens (tertiary/aromatic N) is 1. The molecule has 0 saturated heterocycles. The first-order valence-corrected chi connectivity index (χ1v) is 4.69. The third kappa shape index (κ3) is 7.36. The van der Waals surface area contributed by atoms with E-state index in [2.05, 4.69) is 22.2 Å². The van der Waals surface area contributed by atoms with Crippen LogP contribution >= 0.6 is 0 Å². The Morgan fingerprint density at radius 2 is 2.27 bits per heavy atom. The third-order valence-corrected chi connectivity index (χ3v) is 1.48. The van der Waals surface area contributed by atoms with Gasteiger partial charge in [0, 0.05) is 7.05 Å². The van der Waals surface area contributed by atoms with E-state index in [1.54, 1.807) is 14.0 Å². The van der Waals surface area contributed by atoms with Crippen LogP contribution in [0.2, 0.25) is 0 Å². The van der Waals surface area contributed by atoms with E-state index in [1.165, 1.54) is 0 Å². The van der Waals surface area contributed by atoms with E-state index in [-0.39, 0.29) is 18.3 Å². The smallest absolute Gasteiger partial charge is 0.307 e. The first-order chi connectivity index (χ1) is 7.10. The Morgan fingerprint density at radius 1 is 1.60 bits per heavy atom. The molecule has 0 spiro atoms. The molecule has 0 rings (SSSR count). The summed E-state index contributed by atoms with van der Waals surface area (Å²) in [5, 5.41) is 5.46. The molecular formula is C9H18N4O2. The quantitative estimate of drug-likeness (QED) is 0.316. The predicted molar refractivity (Wildman–Crippen MR) is 59.1 cm³/mol. The number of esters is 1. The highest BCUT2D eigenvalue weighted by Gasteiger charge is 2.00. The lowest BCUT2D eigenvalue weighted by molar-refractivity contribution is -0.142. The molecule has 0 saturated carbocycles. The molecule has 15 heavy (non-hydrogen) atoms. The molecule has 0 aromatic carbocycles. The van der Waals surface area contributed by atoms with E-state index >= 15 is 0 Å². The molecule has 4 N–H and O–H groups in total. The first-order valence-electron chi connectivity index (χ1n) is 4.69. The summed E-state index contributed by atoms with van der Waals surface area (Å²) in [6, 6.07) is 0. The summed E-state index contributed by atoms with van der Waals surface area (Å²) >= 11 is 0. The van der Waals surface area contributed by atoms with Crippen molar-refractivity contribution in [2.45, 2.75) is 13.3 Å².